The number of aryl methyl sites for hydroxylation is 1. The zero-order valence-electron chi connectivity index (χ0n) is 16.4. The van der Waals surface area contributed by atoms with Crippen molar-refractivity contribution in [3.05, 3.63) is 88.1 Å². The highest BCUT2D eigenvalue weighted by Crippen LogP contribution is 2.27. The number of anilines is 2. The van der Waals surface area contributed by atoms with Crippen molar-refractivity contribution in [3.63, 3.8) is 0 Å². The van der Waals surface area contributed by atoms with Crippen LogP contribution in [0.3, 0.4) is 0 Å². The topological polar surface area (TPSA) is 58.2 Å². The third-order valence-corrected chi connectivity index (χ3v) is 5.90. The number of hydrogen-bond donors (Lipinski definition) is 2. The summed E-state index contributed by atoms with van der Waals surface area (Å²) in [7, 11) is 0. The Balaban J connectivity index is 1.57. The number of hydrogen-bond acceptors (Lipinski definition) is 3. The van der Waals surface area contributed by atoms with E-state index in [2.05, 4.69) is 26.6 Å². The lowest BCUT2D eigenvalue weighted by molar-refractivity contribution is -0.115. The van der Waals surface area contributed by atoms with Crippen LogP contribution in [0.4, 0.5) is 15.8 Å². The Morgan fingerprint density at radius 2 is 1.63 bits per heavy atom. The minimum absolute atomic E-state index is 0.143. The van der Waals surface area contributed by atoms with Gasteiger partial charge in [-0.15, -0.1) is 11.8 Å². The zero-order valence-corrected chi connectivity index (χ0v) is 18.8. The standard InChI is InChI=1S/C23H20BrFN2O2S/c1-14-3-5-16(6-4-14)23(29)26-18-8-10-19(11-9-18)30-15(2)22(28)27-21-12-7-17(24)13-20(21)25/h3-13,15H,1-2H3,(H,26,29)(H,27,28). The van der Waals surface area contributed by atoms with E-state index in [0.717, 1.165) is 10.5 Å². The van der Waals surface area contributed by atoms with E-state index in [0.29, 0.717) is 15.7 Å². The molecule has 0 radical (unpaired) electrons. The molecule has 0 aliphatic heterocycles. The number of nitrogens with one attached hydrogen (secondary N) is 2. The molecule has 3 aromatic rings. The van der Waals surface area contributed by atoms with E-state index in [-0.39, 0.29) is 17.5 Å². The van der Waals surface area contributed by atoms with Gasteiger partial charge in [0.25, 0.3) is 5.91 Å². The van der Waals surface area contributed by atoms with Gasteiger partial charge >= 0.3 is 0 Å². The van der Waals surface area contributed by atoms with E-state index in [1.165, 1.54) is 23.9 Å². The molecule has 0 saturated carbocycles. The summed E-state index contributed by atoms with van der Waals surface area (Å²) in [6, 6.07) is 19.1. The van der Waals surface area contributed by atoms with Crippen molar-refractivity contribution in [1.82, 2.24) is 0 Å². The lowest BCUT2D eigenvalue weighted by atomic mass is 10.1. The Kier molecular flexibility index (Phi) is 7.29. The molecular formula is C23H20BrFN2O2S. The summed E-state index contributed by atoms with van der Waals surface area (Å²) < 4.78 is 14.5. The van der Waals surface area contributed by atoms with Gasteiger partial charge in [0.15, 0.2) is 0 Å². The maximum atomic E-state index is 13.9. The lowest BCUT2D eigenvalue weighted by Gasteiger charge is -2.13. The first-order chi connectivity index (χ1) is 14.3. The van der Waals surface area contributed by atoms with E-state index < -0.39 is 11.1 Å². The molecule has 0 fully saturated rings. The van der Waals surface area contributed by atoms with Gasteiger partial charge < -0.3 is 10.6 Å². The van der Waals surface area contributed by atoms with Gasteiger partial charge in [0.1, 0.15) is 5.82 Å². The predicted molar refractivity (Wildman–Crippen MR) is 124 cm³/mol. The Hall–Kier alpha value is -2.64. The second-order valence-corrected chi connectivity index (χ2v) is 9.05. The average molecular weight is 487 g/mol. The second-order valence-electron chi connectivity index (χ2n) is 6.72. The molecule has 0 aliphatic rings. The van der Waals surface area contributed by atoms with Crippen LogP contribution < -0.4 is 10.6 Å². The summed E-state index contributed by atoms with van der Waals surface area (Å²) in [5.74, 6) is -0.971. The Bertz CT molecular complexity index is 1060. The van der Waals surface area contributed by atoms with Crippen molar-refractivity contribution in [2.75, 3.05) is 10.6 Å². The summed E-state index contributed by atoms with van der Waals surface area (Å²) in [5, 5.41) is 5.03. The maximum absolute atomic E-state index is 13.9. The fourth-order valence-electron chi connectivity index (χ4n) is 2.61. The highest BCUT2D eigenvalue weighted by Gasteiger charge is 2.16. The minimum Gasteiger partial charge on any atom is -0.323 e. The molecule has 3 rings (SSSR count). The van der Waals surface area contributed by atoms with Crippen LogP contribution in [0.5, 0.6) is 0 Å². The Morgan fingerprint density at radius 3 is 2.27 bits per heavy atom. The molecule has 2 N–H and O–H groups in total. The Labute approximate surface area is 187 Å². The van der Waals surface area contributed by atoms with Crippen molar-refractivity contribution in [2.24, 2.45) is 0 Å². The number of halogens is 2. The molecule has 0 aromatic heterocycles. The number of thioether (sulfide) groups is 1. The van der Waals surface area contributed by atoms with Gasteiger partial charge in [0, 0.05) is 20.6 Å². The van der Waals surface area contributed by atoms with Crippen LogP contribution in [0.15, 0.2) is 76.1 Å². The summed E-state index contributed by atoms with van der Waals surface area (Å²) in [6.07, 6.45) is 0. The first-order valence-corrected chi connectivity index (χ1v) is 10.9. The number of carbonyl (C=O) groups excluding carboxylic acids is 2. The third-order valence-electron chi connectivity index (χ3n) is 4.30. The SMILES string of the molecule is Cc1ccc(C(=O)Nc2ccc(SC(C)C(=O)Nc3ccc(Br)cc3F)cc2)cc1. The normalized spacial score (nSPS) is 11.6. The van der Waals surface area contributed by atoms with Crippen LogP contribution in [0.25, 0.3) is 0 Å². The quantitative estimate of drug-likeness (QED) is 0.403. The molecule has 3 aromatic carbocycles. The summed E-state index contributed by atoms with van der Waals surface area (Å²) in [6.45, 7) is 3.72. The van der Waals surface area contributed by atoms with Crippen LogP contribution in [-0.4, -0.2) is 17.1 Å². The molecule has 7 heteroatoms. The first-order valence-electron chi connectivity index (χ1n) is 9.22. The number of amides is 2. The number of carbonyl (C=O) groups is 2. The van der Waals surface area contributed by atoms with E-state index in [9.17, 15) is 14.0 Å². The number of rotatable bonds is 6. The van der Waals surface area contributed by atoms with Crippen LogP contribution in [0.2, 0.25) is 0 Å². The van der Waals surface area contributed by atoms with Crippen molar-refractivity contribution in [3.8, 4) is 0 Å². The van der Waals surface area contributed by atoms with Crippen molar-refractivity contribution < 1.29 is 14.0 Å². The molecule has 154 valence electrons. The van der Waals surface area contributed by atoms with E-state index in [1.54, 1.807) is 37.3 Å². The highest BCUT2D eigenvalue weighted by molar-refractivity contribution is 9.10. The van der Waals surface area contributed by atoms with Crippen LogP contribution in [0.1, 0.15) is 22.8 Å². The molecule has 0 saturated heterocycles. The molecule has 1 atom stereocenters. The third kappa shape index (κ3) is 5.93. The summed E-state index contributed by atoms with van der Waals surface area (Å²) in [5.41, 5.74) is 2.49. The highest BCUT2D eigenvalue weighted by atomic mass is 79.9. The van der Waals surface area contributed by atoms with Gasteiger partial charge in [0.2, 0.25) is 5.91 Å². The van der Waals surface area contributed by atoms with E-state index in [4.69, 9.17) is 0 Å². The van der Waals surface area contributed by atoms with Gasteiger partial charge in [-0.3, -0.25) is 9.59 Å². The molecule has 1 unspecified atom stereocenters. The molecule has 0 bridgehead atoms. The average Bonchev–Trinajstić information content (AvgIpc) is 2.72. The van der Waals surface area contributed by atoms with Crippen molar-refractivity contribution in [1.29, 1.82) is 0 Å². The minimum atomic E-state index is -0.497. The smallest absolute Gasteiger partial charge is 0.255 e. The molecular weight excluding hydrogens is 467 g/mol. The van der Waals surface area contributed by atoms with Crippen LogP contribution in [0, 0.1) is 12.7 Å². The summed E-state index contributed by atoms with van der Waals surface area (Å²) in [4.78, 5) is 25.5. The largest absolute Gasteiger partial charge is 0.323 e. The zero-order chi connectivity index (χ0) is 21.7. The summed E-state index contributed by atoms with van der Waals surface area (Å²) >= 11 is 4.54. The fraction of sp³-hybridized carbons (Fsp3) is 0.130. The molecule has 0 spiro atoms. The molecule has 0 aliphatic carbocycles. The molecule has 2 amide bonds. The van der Waals surface area contributed by atoms with Crippen molar-refractivity contribution >= 4 is 50.9 Å². The van der Waals surface area contributed by atoms with Gasteiger partial charge in [-0.05, 0) is 68.4 Å². The number of benzene rings is 3. The molecule has 4 nitrogen and oxygen atoms in total. The monoisotopic (exact) mass is 486 g/mol. The van der Waals surface area contributed by atoms with Crippen LogP contribution >= 0.6 is 27.7 Å². The van der Waals surface area contributed by atoms with Crippen LogP contribution in [-0.2, 0) is 4.79 Å². The van der Waals surface area contributed by atoms with E-state index in [1.807, 2.05) is 31.2 Å². The maximum Gasteiger partial charge on any atom is 0.255 e. The van der Waals surface area contributed by atoms with Gasteiger partial charge in [-0.2, -0.15) is 0 Å². The van der Waals surface area contributed by atoms with E-state index >= 15 is 0 Å². The Morgan fingerprint density at radius 1 is 0.967 bits per heavy atom. The lowest BCUT2D eigenvalue weighted by Crippen LogP contribution is -2.22. The molecule has 30 heavy (non-hydrogen) atoms. The van der Waals surface area contributed by atoms with Crippen molar-refractivity contribution in [2.45, 2.75) is 24.0 Å². The van der Waals surface area contributed by atoms with Gasteiger partial charge in [-0.1, -0.05) is 33.6 Å². The fourth-order valence-corrected chi connectivity index (χ4v) is 3.81. The first kappa shape index (κ1) is 22.1. The second kappa shape index (κ2) is 9.91. The predicted octanol–water partition coefficient (Wildman–Crippen LogP) is 6.27. The van der Waals surface area contributed by atoms with Gasteiger partial charge in [0.05, 0.1) is 10.9 Å². The van der Waals surface area contributed by atoms with Gasteiger partial charge in [-0.25, -0.2) is 4.39 Å². The molecule has 0 heterocycles.